The van der Waals surface area contributed by atoms with Crippen LogP contribution in [0.1, 0.15) is 15.4 Å². The van der Waals surface area contributed by atoms with Crippen LogP contribution >= 0.6 is 11.3 Å². The Labute approximate surface area is 116 Å². The molecule has 0 aromatic carbocycles. The fourth-order valence-electron chi connectivity index (χ4n) is 1.63. The minimum Gasteiger partial charge on any atom is -0.326 e. The number of anilines is 1. The van der Waals surface area contributed by atoms with Crippen LogP contribution in [0.25, 0.3) is 0 Å². The van der Waals surface area contributed by atoms with Crippen LogP contribution in [0.4, 0.5) is 5.69 Å². The highest BCUT2D eigenvalue weighted by Gasteiger charge is 2.19. The van der Waals surface area contributed by atoms with Gasteiger partial charge in [-0.2, -0.15) is 0 Å². The summed E-state index contributed by atoms with van der Waals surface area (Å²) < 4.78 is 27.0. The van der Waals surface area contributed by atoms with E-state index in [9.17, 15) is 8.42 Å². The maximum Gasteiger partial charge on any atom is 0.263 e. The fraction of sp³-hybridized carbons (Fsp3) is 0.250. The van der Waals surface area contributed by atoms with E-state index in [0.717, 1.165) is 15.4 Å². The van der Waals surface area contributed by atoms with Gasteiger partial charge in [0.2, 0.25) is 0 Å². The molecule has 0 spiro atoms. The molecule has 2 heterocycles. The molecule has 0 saturated heterocycles. The zero-order valence-corrected chi connectivity index (χ0v) is 12.3. The second-order valence-corrected chi connectivity index (χ2v) is 7.12. The zero-order chi connectivity index (χ0) is 14.0. The van der Waals surface area contributed by atoms with Gasteiger partial charge >= 0.3 is 0 Å². The first-order valence-electron chi connectivity index (χ1n) is 5.67. The number of hydrogen-bond donors (Lipinski definition) is 2. The zero-order valence-electron chi connectivity index (χ0n) is 10.7. The number of thiophene rings is 1. The Kier molecular flexibility index (Phi) is 3.88. The maximum atomic E-state index is 12.3. The molecule has 2 aromatic heterocycles. The summed E-state index contributed by atoms with van der Waals surface area (Å²) in [4.78, 5) is 5.91. The lowest BCUT2D eigenvalue weighted by Gasteiger charge is -2.07. The molecule has 0 aliphatic carbocycles. The summed E-state index contributed by atoms with van der Waals surface area (Å²) in [5.41, 5.74) is 6.81. The molecule has 0 aliphatic heterocycles. The molecule has 0 saturated carbocycles. The Balaban J connectivity index is 2.31. The van der Waals surface area contributed by atoms with E-state index in [1.54, 1.807) is 25.1 Å². The van der Waals surface area contributed by atoms with Gasteiger partial charge in [-0.3, -0.25) is 9.71 Å². The minimum absolute atomic E-state index is 0.276. The van der Waals surface area contributed by atoms with Crippen LogP contribution in [0.3, 0.4) is 0 Å². The molecular formula is C12H15N3O2S2. The number of sulfonamides is 1. The molecule has 19 heavy (non-hydrogen) atoms. The van der Waals surface area contributed by atoms with Crippen LogP contribution in [0, 0.1) is 13.8 Å². The predicted molar refractivity (Wildman–Crippen MR) is 76.7 cm³/mol. The lowest BCUT2D eigenvalue weighted by Crippen LogP contribution is -2.13. The lowest BCUT2D eigenvalue weighted by atomic mass is 10.4. The summed E-state index contributed by atoms with van der Waals surface area (Å²) in [6.07, 6.45) is 1.50. The first-order valence-corrected chi connectivity index (χ1v) is 7.97. The summed E-state index contributed by atoms with van der Waals surface area (Å²) in [5, 5.41) is 0. The monoisotopic (exact) mass is 297 g/mol. The SMILES string of the molecule is Cc1ccc(NS(=O)(=O)c2cc(CN)sc2C)cn1. The topological polar surface area (TPSA) is 85.1 Å². The Hall–Kier alpha value is -1.44. The molecular weight excluding hydrogens is 282 g/mol. The summed E-state index contributed by atoms with van der Waals surface area (Å²) >= 11 is 1.39. The number of rotatable bonds is 4. The van der Waals surface area contributed by atoms with E-state index in [4.69, 9.17) is 5.73 Å². The van der Waals surface area contributed by atoms with Crippen molar-refractivity contribution < 1.29 is 8.42 Å². The molecule has 102 valence electrons. The van der Waals surface area contributed by atoms with Gasteiger partial charge in [0, 0.05) is 22.0 Å². The fourth-order valence-corrected chi connectivity index (χ4v) is 4.19. The molecule has 5 nitrogen and oxygen atoms in total. The summed E-state index contributed by atoms with van der Waals surface area (Å²) in [6.45, 7) is 3.95. The molecule has 0 fully saturated rings. The van der Waals surface area contributed by atoms with Gasteiger partial charge in [0.15, 0.2) is 0 Å². The third kappa shape index (κ3) is 3.12. The van der Waals surface area contributed by atoms with Crippen molar-refractivity contribution in [2.75, 3.05) is 4.72 Å². The van der Waals surface area contributed by atoms with Crippen molar-refractivity contribution in [1.29, 1.82) is 0 Å². The van der Waals surface area contributed by atoms with Gasteiger partial charge in [0.25, 0.3) is 10.0 Å². The second-order valence-electron chi connectivity index (χ2n) is 4.13. The van der Waals surface area contributed by atoms with Crippen molar-refractivity contribution >= 4 is 27.0 Å². The van der Waals surface area contributed by atoms with E-state index in [2.05, 4.69) is 9.71 Å². The van der Waals surface area contributed by atoms with Crippen LogP contribution in [0.5, 0.6) is 0 Å². The molecule has 2 aromatic rings. The van der Waals surface area contributed by atoms with Crippen molar-refractivity contribution in [3.05, 3.63) is 39.8 Å². The van der Waals surface area contributed by atoms with Crippen molar-refractivity contribution in [2.24, 2.45) is 5.73 Å². The van der Waals surface area contributed by atoms with Crippen LogP contribution < -0.4 is 10.5 Å². The van der Waals surface area contributed by atoms with Crippen LogP contribution in [0.2, 0.25) is 0 Å². The van der Waals surface area contributed by atoms with Gasteiger partial charge in [-0.15, -0.1) is 11.3 Å². The van der Waals surface area contributed by atoms with Gasteiger partial charge in [-0.05, 0) is 32.0 Å². The number of nitrogens with two attached hydrogens (primary N) is 1. The normalized spacial score (nSPS) is 11.5. The summed E-state index contributed by atoms with van der Waals surface area (Å²) in [7, 11) is -3.58. The lowest BCUT2D eigenvalue weighted by molar-refractivity contribution is 0.601. The summed E-state index contributed by atoms with van der Waals surface area (Å²) in [6, 6.07) is 5.05. The number of nitrogens with zero attached hydrogens (tertiary/aromatic N) is 1. The molecule has 3 N–H and O–H groups in total. The number of pyridine rings is 1. The van der Waals surface area contributed by atoms with Crippen molar-refractivity contribution in [1.82, 2.24) is 4.98 Å². The smallest absolute Gasteiger partial charge is 0.263 e. The average molecular weight is 297 g/mol. The molecule has 0 radical (unpaired) electrons. The van der Waals surface area contributed by atoms with Gasteiger partial charge in [-0.25, -0.2) is 8.42 Å². The number of nitrogens with one attached hydrogen (secondary N) is 1. The second kappa shape index (κ2) is 5.28. The highest BCUT2D eigenvalue weighted by atomic mass is 32.2. The maximum absolute atomic E-state index is 12.3. The molecule has 0 aliphatic rings. The number of hydrogen-bond acceptors (Lipinski definition) is 5. The Bertz CT molecular complexity index is 676. The largest absolute Gasteiger partial charge is 0.326 e. The van der Waals surface area contributed by atoms with Crippen molar-refractivity contribution in [2.45, 2.75) is 25.3 Å². The van der Waals surface area contributed by atoms with Crippen LogP contribution in [-0.2, 0) is 16.6 Å². The molecule has 0 atom stereocenters. The highest BCUT2D eigenvalue weighted by molar-refractivity contribution is 7.93. The molecule has 0 unspecified atom stereocenters. The van der Waals surface area contributed by atoms with E-state index in [-0.39, 0.29) is 4.90 Å². The van der Waals surface area contributed by atoms with E-state index in [1.165, 1.54) is 17.5 Å². The van der Waals surface area contributed by atoms with E-state index in [0.29, 0.717) is 12.2 Å². The first-order chi connectivity index (χ1) is 8.92. The van der Waals surface area contributed by atoms with Gasteiger partial charge in [0.1, 0.15) is 4.90 Å². The molecule has 0 amide bonds. The van der Waals surface area contributed by atoms with E-state index >= 15 is 0 Å². The minimum atomic E-state index is -3.58. The standard InChI is InChI=1S/C12H15N3O2S2/c1-8-3-4-10(7-14-8)15-19(16,17)12-5-11(6-13)18-9(12)2/h3-5,7,15H,6,13H2,1-2H3. The Morgan fingerprint density at radius 2 is 2.11 bits per heavy atom. The quantitative estimate of drug-likeness (QED) is 0.904. The third-order valence-electron chi connectivity index (χ3n) is 2.58. The van der Waals surface area contributed by atoms with Crippen molar-refractivity contribution in [3.63, 3.8) is 0 Å². The molecule has 0 bridgehead atoms. The Morgan fingerprint density at radius 1 is 1.37 bits per heavy atom. The van der Waals surface area contributed by atoms with Crippen molar-refractivity contribution in [3.8, 4) is 0 Å². The third-order valence-corrected chi connectivity index (χ3v) is 5.29. The number of aryl methyl sites for hydroxylation is 2. The number of aromatic nitrogens is 1. The predicted octanol–water partition coefficient (Wildman–Crippen LogP) is 2.02. The highest BCUT2D eigenvalue weighted by Crippen LogP contribution is 2.27. The van der Waals surface area contributed by atoms with Gasteiger partial charge in [-0.1, -0.05) is 0 Å². The molecule has 7 heteroatoms. The van der Waals surface area contributed by atoms with E-state index in [1.807, 2.05) is 6.92 Å². The van der Waals surface area contributed by atoms with Gasteiger partial charge in [0.05, 0.1) is 11.9 Å². The van der Waals surface area contributed by atoms with Crippen LogP contribution in [0.15, 0.2) is 29.3 Å². The Morgan fingerprint density at radius 3 is 2.63 bits per heavy atom. The first kappa shape index (κ1) is 14.0. The summed E-state index contributed by atoms with van der Waals surface area (Å²) in [5.74, 6) is 0. The van der Waals surface area contributed by atoms with E-state index < -0.39 is 10.0 Å². The molecule has 2 rings (SSSR count). The van der Waals surface area contributed by atoms with Crippen LogP contribution in [-0.4, -0.2) is 13.4 Å². The average Bonchev–Trinajstić information content (AvgIpc) is 2.74. The van der Waals surface area contributed by atoms with Gasteiger partial charge < -0.3 is 5.73 Å².